The highest BCUT2D eigenvalue weighted by atomic mass is 19.1. The second kappa shape index (κ2) is 5.89. The average molecular weight is 328 g/mol. The van der Waals surface area contributed by atoms with Gasteiger partial charge in [0, 0.05) is 30.4 Å². The van der Waals surface area contributed by atoms with Crippen molar-refractivity contribution in [1.29, 1.82) is 0 Å². The molecule has 2 aromatic carbocycles. The molecule has 0 saturated carbocycles. The van der Waals surface area contributed by atoms with Crippen LogP contribution in [0.1, 0.15) is 23.1 Å². The summed E-state index contributed by atoms with van der Waals surface area (Å²) in [5.41, 5.74) is 3.93. The molecule has 1 saturated heterocycles. The van der Waals surface area contributed by atoms with Crippen molar-refractivity contribution in [1.82, 2.24) is 4.90 Å². The molecule has 2 aliphatic rings. The molecule has 24 heavy (non-hydrogen) atoms. The van der Waals surface area contributed by atoms with Gasteiger partial charge in [0.25, 0.3) is 0 Å². The third kappa shape index (κ3) is 2.64. The molecule has 2 amide bonds. The Hall–Kier alpha value is -2.43. The van der Waals surface area contributed by atoms with Gasteiger partial charge in [-0.15, -0.1) is 0 Å². The van der Waals surface area contributed by atoms with Crippen molar-refractivity contribution in [2.75, 3.05) is 18.0 Å². The molecule has 5 heteroatoms. The highest BCUT2D eigenvalue weighted by Crippen LogP contribution is 2.29. The van der Waals surface area contributed by atoms with Crippen LogP contribution < -0.4 is 4.90 Å². The molecular formula is C19H18F2N2O. The van der Waals surface area contributed by atoms with E-state index < -0.39 is 11.6 Å². The van der Waals surface area contributed by atoms with E-state index in [1.165, 1.54) is 29.7 Å². The van der Waals surface area contributed by atoms with Crippen LogP contribution in [0.3, 0.4) is 0 Å². The Kier molecular flexibility index (Phi) is 3.71. The number of carbonyl (C=O) groups excluding carboxylic acids is 1. The van der Waals surface area contributed by atoms with Gasteiger partial charge >= 0.3 is 6.03 Å². The van der Waals surface area contributed by atoms with Gasteiger partial charge in [-0.3, -0.25) is 4.90 Å². The van der Waals surface area contributed by atoms with Crippen LogP contribution in [0.25, 0.3) is 0 Å². The Morgan fingerprint density at radius 3 is 2.62 bits per heavy atom. The van der Waals surface area contributed by atoms with Crippen LogP contribution in [0.15, 0.2) is 36.4 Å². The van der Waals surface area contributed by atoms with E-state index in [-0.39, 0.29) is 12.6 Å². The zero-order valence-corrected chi connectivity index (χ0v) is 13.3. The second-order valence-corrected chi connectivity index (χ2v) is 6.40. The predicted molar refractivity (Wildman–Crippen MR) is 88.0 cm³/mol. The fraction of sp³-hybridized carbons (Fsp3) is 0.316. The molecule has 4 rings (SSSR count). The Bertz CT molecular complexity index is 806. The van der Waals surface area contributed by atoms with Crippen molar-refractivity contribution in [3.63, 3.8) is 0 Å². The quantitative estimate of drug-likeness (QED) is 0.838. The molecule has 1 heterocycles. The fourth-order valence-electron chi connectivity index (χ4n) is 3.55. The number of anilines is 1. The summed E-state index contributed by atoms with van der Waals surface area (Å²) in [4.78, 5) is 16.0. The molecular weight excluding hydrogens is 310 g/mol. The van der Waals surface area contributed by atoms with E-state index in [4.69, 9.17) is 0 Å². The number of hydrogen-bond donors (Lipinski definition) is 0. The summed E-state index contributed by atoms with van der Waals surface area (Å²) in [5, 5.41) is 0. The van der Waals surface area contributed by atoms with Gasteiger partial charge < -0.3 is 4.90 Å². The van der Waals surface area contributed by atoms with Gasteiger partial charge in [-0.25, -0.2) is 13.6 Å². The number of amides is 2. The van der Waals surface area contributed by atoms with Crippen molar-refractivity contribution in [3.8, 4) is 0 Å². The molecule has 1 aliphatic heterocycles. The maximum atomic E-state index is 13.8. The lowest BCUT2D eigenvalue weighted by atomic mass is 10.1. The largest absolute Gasteiger partial charge is 0.324 e. The van der Waals surface area contributed by atoms with Crippen molar-refractivity contribution in [2.24, 2.45) is 0 Å². The molecule has 3 nitrogen and oxygen atoms in total. The van der Waals surface area contributed by atoms with Crippen LogP contribution in [0.2, 0.25) is 0 Å². The number of carbonyl (C=O) groups is 1. The highest BCUT2D eigenvalue weighted by molar-refractivity contribution is 5.94. The molecule has 0 spiro atoms. The van der Waals surface area contributed by atoms with Crippen LogP contribution in [-0.2, 0) is 19.4 Å². The number of nitrogens with zero attached hydrogens (tertiary/aromatic N) is 2. The Morgan fingerprint density at radius 2 is 1.79 bits per heavy atom. The first kappa shape index (κ1) is 15.1. The van der Waals surface area contributed by atoms with Crippen LogP contribution in [0.4, 0.5) is 19.3 Å². The van der Waals surface area contributed by atoms with Gasteiger partial charge in [0.1, 0.15) is 11.6 Å². The second-order valence-electron chi connectivity index (χ2n) is 6.40. The molecule has 0 unspecified atom stereocenters. The van der Waals surface area contributed by atoms with E-state index in [2.05, 4.69) is 12.1 Å². The van der Waals surface area contributed by atoms with Crippen LogP contribution >= 0.6 is 0 Å². The number of hydrogen-bond acceptors (Lipinski definition) is 1. The van der Waals surface area contributed by atoms with E-state index in [0.717, 1.165) is 24.6 Å². The minimum absolute atomic E-state index is 0.128. The van der Waals surface area contributed by atoms with Gasteiger partial charge in [0.15, 0.2) is 0 Å². The fourth-order valence-corrected chi connectivity index (χ4v) is 3.55. The predicted octanol–water partition coefficient (Wildman–Crippen LogP) is 3.90. The molecule has 2 aromatic rings. The van der Waals surface area contributed by atoms with Crippen molar-refractivity contribution in [2.45, 2.75) is 25.8 Å². The van der Waals surface area contributed by atoms with E-state index >= 15 is 0 Å². The van der Waals surface area contributed by atoms with E-state index in [0.29, 0.717) is 18.7 Å². The van der Waals surface area contributed by atoms with Crippen LogP contribution in [0.5, 0.6) is 0 Å². The average Bonchev–Trinajstić information content (AvgIpc) is 3.16. The first-order chi connectivity index (χ1) is 11.6. The van der Waals surface area contributed by atoms with Gasteiger partial charge in [0.05, 0.1) is 6.54 Å². The highest BCUT2D eigenvalue weighted by Gasteiger charge is 2.30. The first-order valence-corrected chi connectivity index (χ1v) is 8.24. The van der Waals surface area contributed by atoms with E-state index in [1.54, 1.807) is 9.80 Å². The number of halogens is 2. The summed E-state index contributed by atoms with van der Waals surface area (Å²) in [6.07, 6.45) is 3.35. The number of urea groups is 1. The smallest absolute Gasteiger partial charge is 0.318 e. The lowest BCUT2D eigenvalue weighted by molar-refractivity contribution is 0.218. The van der Waals surface area contributed by atoms with Gasteiger partial charge in [-0.1, -0.05) is 12.1 Å². The van der Waals surface area contributed by atoms with Crippen molar-refractivity contribution in [3.05, 3.63) is 64.7 Å². The lowest BCUT2D eigenvalue weighted by Gasteiger charge is -2.19. The summed E-state index contributed by atoms with van der Waals surface area (Å²) >= 11 is 0. The normalized spacial score (nSPS) is 16.8. The third-order valence-electron chi connectivity index (χ3n) is 4.87. The first-order valence-electron chi connectivity index (χ1n) is 8.24. The minimum Gasteiger partial charge on any atom is -0.318 e. The van der Waals surface area contributed by atoms with Crippen molar-refractivity contribution < 1.29 is 13.6 Å². The maximum absolute atomic E-state index is 13.8. The van der Waals surface area contributed by atoms with Crippen LogP contribution in [0, 0.1) is 11.6 Å². The maximum Gasteiger partial charge on any atom is 0.324 e. The summed E-state index contributed by atoms with van der Waals surface area (Å²) < 4.78 is 26.8. The molecule has 0 radical (unpaired) electrons. The van der Waals surface area contributed by atoms with E-state index in [9.17, 15) is 13.6 Å². The molecule has 0 bridgehead atoms. The van der Waals surface area contributed by atoms with E-state index in [1.807, 2.05) is 6.07 Å². The Labute approximate surface area is 139 Å². The number of fused-ring (bicyclic) bond motifs is 1. The topological polar surface area (TPSA) is 23.6 Å². The third-order valence-corrected chi connectivity index (χ3v) is 4.87. The number of rotatable bonds is 3. The van der Waals surface area contributed by atoms with Crippen LogP contribution in [-0.4, -0.2) is 24.0 Å². The van der Waals surface area contributed by atoms with Gasteiger partial charge in [-0.05, 0) is 48.6 Å². The Balaban J connectivity index is 1.52. The summed E-state index contributed by atoms with van der Waals surface area (Å²) in [6, 6.07) is 9.54. The Morgan fingerprint density at radius 1 is 0.958 bits per heavy atom. The molecule has 1 fully saturated rings. The number of aryl methyl sites for hydroxylation is 2. The minimum atomic E-state index is -0.612. The SMILES string of the molecule is O=C1N(Cc2ccc(F)cc2F)CCN1c1ccc2c(c1)CCC2. The molecule has 124 valence electrons. The lowest BCUT2D eigenvalue weighted by Crippen LogP contribution is -2.31. The molecule has 0 aromatic heterocycles. The zero-order valence-electron chi connectivity index (χ0n) is 13.3. The van der Waals surface area contributed by atoms with Gasteiger partial charge in [0.2, 0.25) is 0 Å². The van der Waals surface area contributed by atoms with Gasteiger partial charge in [-0.2, -0.15) is 0 Å². The zero-order chi connectivity index (χ0) is 16.7. The molecule has 0 N–H and O–H groups in total. The molecule has 0 atom stereocenters. The molecule has 1 aliphatic carbocycles. The summed E-state index contributed by atoms with van der Waals surface area (Å²) in [7, 11) is 0. The summed E-state index contributed by atoms with van der Waals surface area (Å²) in [6.45, 7) is 1.28. The van der Waals surface area contributed by atoms with Crippen molar-refractivity contribution >= 4 is 11.7 Å². The summed E-state index contributed by atoms with van der Waals surface area (Å²) in [5.74, 6) is -1.22. The monoisotopic (exact) mass is 328 g/mol. The number of benzene rings is 2. The standard InChI is InChI=1S/C19H18F2N2O/c20-16-6-4-15(18(21)11-16)12-22-8-9-23(19(22)24)17-7-5-13-2-1-3-14(13)10-17/h4-7,10-11H,1-3,8-9,12H2.